The van der Waals surface area contributed by atoms with Crippen molar-refractivity contribution in [1.29, 1.82) is 0 Å². The summed E-state index contributed by atoms with van der Waals surface area (Å²) in [6, 6.07) is 6.48. The fourth-order valence-electron chi connectivity index (χ4n) is 1.95. The Balaban J connectivity index is 0.00000200. The molecule has 20 heavy (non-hydrogen) atoms. The number of fused-ring (bicyclic) bond motifs is 1. The summed E-state index contributed by atoms with van der Waals surface area (Å²) in [6.07, 6.45) is 0.891. The summed E-state index contributed by atoms with van der Waals surface area (Å²) in [7, 11) is 5.83. The minimum absolute atomic E-state index is 0. The Morgan fingerprint density at radius 2 is 2.00 bits per heavy atom. The number of ether oxygens (including phenoxy) is 2. The molecule has 1 aromatic heterocycles. The van der Waals surface area contributed by atoms with Crippen LogP contribution in [0.15, 0.2) is 23.6 Å². The van der Waals surface area contributed by atoms with Crippen LogP contribution in [0.2, 0.25) is 0 Å². The highest BCUT2D eigenvalue weighted by Crippen LogP contribution is 2.29. The lowest BCUT2D eigenvalue weighted by molar-refractivity contribution is 0.120. The SMILES string of the molecule is COc1cc2sccc2cc1CCOCCN(C)C.Cl. The number of hydrogen-bond acceptors (Lipinski definition) is 4. The highest BCUT2D eigenvalue weighted by atomic mass is 35.5. The van der Waals surface area contributed by atoms with Crippen LogP contribution in [0.25, 0.3) is 10.1 Å². The van der Waals surface area contributed by atoms with Gasteiger partial charge in [0.05, 0.1) is 20.3 Å². The molecule has 112 valence electrons. The molecule has 0 aliphatic heterocycles. The van der Waals surface area contributed by atoms with Crippen LogP contribution >= 0.6 is 23.7 Å². The van der Waals surface area contributed by atoms with Gasteiger partial charge in [-0.15, -0.1) is 23.7 Å². The van der Waals surface area contributed by atoms with Crippen molar-refractivity contribution in [2.24, 2.45) is 0 Å². The van der Waals surface area contributed by atoms with Crippen molar-refractivity contribution in [3.63, 3.8) is 0 Å². The van der Waals surface area contributed by atoms with Crippen LogP contribution in [-0.4, -0.2) is 45.9 Å². The number of methoxy groups -OCH3 is 1. The summed E-state index contributed by atoms with van der Waals surface area (Å²) in [6.45, 7) is 2.47. The van der Waals surface area contributed by atoms with Gasteiger partial charge < -0.3 is 14.4 Å². The topological polar surface area (TPSA) is 21.7 Å². The Bertz CT molecular complexity index is 528. The molecule has 3 nitrogen and oxygen atoms in total. The molecule has 1 aromatic carbocycles. The molecule has 0 radical (unpaired) electrons. The lowest BCUT2D eigenvalue weighted by Crippen LogP contribution is -2.18. The number of hydrogen-bond donors (Lipinski definition) is 0. The first-order chi connectivity index (χ1) is 9.20. The fourth-order valence-corrected chi connectivity index (χ4v) is 2.75. The Labute approximate surface area is 130 Å². The standard InChI is InChI=1S/C15H21NO2S.ClH/c1-16(2)6-8-18-7-4-12-10-13-5-9-19-15(13)11-14(12)17-3;/h5,9-11H,4,6-8H2,1-3H3;1H. The summed E-state index contributed by atoms with van der Waals surface area (Å²) >= 11 is 1.74. The minimum atomic E-state index is 0. The van der Waals surface area contributed by atoms with Crippen LogP contribution in [0.5, 0.6) is 5.75 Å². The van der Waals surface area contributed by atoms with E-state index in [9.17, 15) is 0 Å². The van der Waals surface area contributed by atoms with E-state index in [-0.39, 0.29) is 12.4 Å². The van der Waals surface area contributed by atoms with E-state index in [1.165, 1.54) is 15.6 Å². The molecule has 0 unspecified atom stereocenters. The van der Waals surface area contributed by atoms with Crippen molar-refractivity contribution < 1.29 is 9.47 Å². The average Bonchev–Trinajstić information content (AvgIpc) is 2.83. The van der Waals surface area contributed by atoms with E-state index >= 15 is 0 Å². The number of nitrogens with zero attached hydrogens (tertiary/aromatic N) is 1. The third-order valence-corrected chi connectivity index (χ3v) is 3.93. The van der Waals surface area contributed by atoms with Crippen LogP contribution < -0.4 is 4.74 Å². The number of halogens is 1. The number of benzene rings is 1. The third-order valence-electron chi connectivity index (χ3n) is 3.05. The molecule has 2 rings (SSSR count). The van der Waals surface area contributed by atoms with Gasteiger partial charge in [0.2, 0.25) is 0 Å². The molecule has 0 atom stereocenters. The van der Waals surface area contributed by atoms with Crippen LogP contribution in [0.3, 0.4) is 0 Å². The van der Waals surface area contributed by atoms with Crippen LogP contribution in [0.1, 0.15) is 5.56 Å². The zero-order chi connectivity index (χ0) is 13.7. The molecular weight excluding hydrogens is 294 g/mol. The maximum Gasteiger partial charge on any atom is 0.123 e. The first-order valence-electron chi connectivity index (χ1n) is 6.47. The maximum atomic E-state index is 5.65. The molecule has 0 N–H and O–H groups in total. The lowest BCUT2D eigenvalue weighted by Gasteiger charge is -2.11. The number of thiophene rings is 1. The minimum Gasteiger partial charge on any atom is -0.496 e. The lowest BCUT2D eigenvalue weighted by atomic mass is 10.1. The molecule has 2 aromatic rings. The Kier molecular flexibility index (Phi) is 7.30. The smallest absolute Gasteiger partial charge is 0.123 e. The van der Waals surface area contributed by atoms with Crippen molar-refractivity contribution in [1.82, 2.24) is 4.90 Å². The molecule has 0 aliphatic carbocycles. The molecule has 0 saturated heterocycles. The van der Waals surface area contributed by atoms with Gasteiger partial charge in [-0.3, -0.25) is 0 Å². The summed E-state index contributed by atoms with van der Waals surface area (Å²) in [5, 5.41) is 3.40. The molecule has 0 spiro atoms. The van der Waals surface area contributed by atoms with Crippen LogP contribution in [0, 0.1) is 0 Å². The molecule has 0 fully saturated rings. The van der Waals surface area contributed by atoms with Gasteiger partial charge in [0.25, 0.3) is 0 Å². The van der Waals surface area contributed by atoms with Gasteiger partial charge in [0, 0.05) is 11.2 Å². The molecule has 0 saturated carbocycles. The Hall–Kier alpha value is -0.810. The monoisotopic (exact) mass is 315 g/mol. The van der Waals surface area contributed by atoms with Crippen molar-refractivity contribution in [3.05, 3.63) is 29.1 Å². The van der Waals surface area contributed by atoms with Gasteiger partial charge >= 0.3 is 0 Å². The zero-order valence-electron chi connectivity index (χ0n) is 12.2. The predicted octanol–water partition coefficient (Wildman–Crippen LogP) is 3.45. The van der Waals surface area contributed by atoms with Gasteiger partial charge in [-0.05, 0) is 55.0 Å². The van der Waals surface area contributed by atoms with E-state index in [0.717, 1.165) is 31.9 Å². The molecule has 0 aliphatic rings. The molecule has 5 heteroatoms. The normalized spacial score (nSPS) is 10.8. The molecule has 1 heterocycles. The highest BCUT2D eigenvalue weighted by molar-refractivity contribution is 7.17. The van der Waals surface area contributed by atoms with E-state index in [1.807, 2.05) is 0 Å². The van der Waals surface area contributed by atoms with Crippen LogP contribution in [-0.2, 0) is 11.2 Å². The highest BCUT2D eigenvalue weighted by Gasteiger charge is 2.06. The second-order valence-electron chi connectivity index (χ2n) is 4.79. The van der Waals surface area contributed by atoms with E-state index in [2.05, 4.69) is 42.6 Å². The van der Waals surface area contributed by atoms with E-state index in [0.29, 0.717) is 0 Å². The van der Waals surface area contributed by atoms with E-state index in [4.69, 9.17) is 9.47 Å². The molecular formula is C15H22ClNO2S. The largest absolute Gasteiger partial charge is 0.496 e. The summed E-state index contributed by atoms with van der Waals surface area (Å²) in [5.41, 5.74) is 1.22. The third kappa shape index (κ3) is 4.63. The van der Waals surface area contributed by atoms with Crippen molar-refractivity contribution >= 4 is 33.8 Å². The second kappa shape index (κ2) is 8.47. The Morgan fingerprint density at radius 1 is 1.20 bits per heavy atom. The fraction of sp³-hybridized carbons (Fsp3) is 0.467. The number of rotatable bonds is 7. The van der Waals surface area contributed by atoms with Gasteiger partial charge in [0.1, 0.15) is 5.75 Å². The van der Waals surface area contributed by atoms with Crippen molar-refractivity contribution in [2.45, 2.75) is 6.42 Å². The predicted molar refractivity (Wildman–Crippen MR) is 88.7 cm³/mol. The van der Waals surface area contributed by atoms with Gasteiger partial charge in [0.15, 0.2) is 0 Å². The van der Waals surface area contributed by atoms with Crippen LogP contribution in [0.4, 0.5) is 0 Å². The van der Waals surface area contributed by atoms with E-state index in [1.54, 1.807) is 18.4 Å². The number of likely N-dealkylation sites (N-methyl/N-ethyl adjacent to an activating group) is 1. The Morgan fingerprint density at radius 3 is 2.70 bits per heavy atom. The zero-order valence-corrected chi connectivity index (χ0v) is 13.9. The van der Waals surface area contributed by atoms with Crippen molar-refractivity contribution in [2.75, 3.05) is 41.0 Å². The van der Waals surface area contributed by atoms with Crippen molar-refractivity contribution in [3.8, 4) is 5.75 Å². The van der Waals surface area contributed by atoms with E-state index < -0.39 is 0 Å². The molecule has 0 bridgehead atoms. The first kappa shape index (κ1) is 17.2. The van der Waals surface area contributed by atoms with Gasteiger partial charge in [-0.1, -0.05) is 0 Å². The molecule has 0 amide bonds. The summed E-state index contributed by atoms with van der Waals surface area (Å²) < 4.78 is 12.4. The second-order valence-corrected chi connectivity index (χ2v) is 5.74. The van der Waals surface area contributed by atoms with Gasteiger partial charge in [-0.2, -0.15) is 0 Å². The summed E-state index contributed by atoms with van der Waals surface area (Å²) in [5.74, 6) is 0.964. The quantitative estimate of drug-likeness (QED) is 0.730. The first-order valence-corrected chi connectivity index (χ1v) is 7.35. The van der Waals surface area contributed by atoms with Gasteiger partial charge in [-0.25, -0.2) is 0 Å². The average molecular weight is 316 g/mol. The maximum absolute atomic E-state index is 5.65. The summed E-state index contributed by atoms with van der Waals surface area (Å²) in [4.78, 5) is 2.12.